The molecule has 0 radical (unpaired) electrons. The van der Waals surface area contributed by atoms with Crippen molar-refractivity contribution >= 4 is 33.3 Å². The van der Waals surface area contributed by atoms with Crippen LogP contribution >= 0.6 is 15.9 Å². The van der Waals surface area contributed by atoms with Gasteiger partial charge in [0.15, 0.2) is 22.9 Å². The van der Waals surface area contributed by atoms with E-state index < -0.39 is 11.5 Å². The van der Waals surface area contributed by atoms with Crippen LogP contribution in [0.2, 0.25) is 0 Å². The number of amides is 1. The van der Waals surface area contributed by atoms with Crippen molar-refractivity contribution < 1.29 is 24.2 Å². The highest BCUT2D eigenvalue weighted by atomic mass is 79.9. The number of hydrogen-bond acceptors (Lipinski definition) is 5. The third kappa shape index (κ3) is 3.89. The molecule has 0 bridgehead atoms. The number of hydrogen-bond donors (Lipinski definition) is 1. The standard InChI is InChI=1S/C25H22BrNO5/c1-31-22-11-10-16(12-23(22)32-2)15-27-20-9-4-3-8-19(20)25(30,24(27)29)14-21(28)17-6-5-7-18(26)13-17/h3-13,30H,14-15H2,1-2H3. The van der Waals surface area contributed by atoms with Crippen molar-refractivity contribution in [1.29, 1.82) is 0 Å². The zero-order chi connectivity index (χ0) is 22.9. The zero-order valence-corrected chi connectivity index (χ0v) is 19.3. The molecule has 1 heterocycles. The normalized spacial score (nSPS) is 17.2. The number of para-hydroxylation sites is 1. The Morgan fingerprint density at radius 3 is 2.47 bits per heavy atom. The fourth-order valence-electron chi connectivity index (χ4n) is 3.99. The first-order chi connectivity index (χ1) is 15.4. The number of methoxy groups -OCH3 is 2. The lowest BCUT2D eigenvalue weighted by atomic mass is 9.88. The number of halogens is 1. The van der Waals surface area contributed by atoms with E-state index in [4.69, 9.17) is 9.47 Å². The summed E-state index contributed by atoms with van der Waals surface area (Å²) in [5.41, 5.74) is 0.294. The Morgan fingerprint density at radius 2 is 1.75 bits per heavy atom. The number of carbonyl (C=O) groups is 2. The average Bonchev–Trinajstić information content (AvgIpc) is 3.01. The molecule has 1 atom stereocenters. The van der Waals surface area contributed by atoms with E-state index in [1.807, 2.05) is 12.1 Å². The molecule has 1 aliphatic heterocycles. The molecular formula is C25H22BrNO5. The summed E-state index contributed by atoms with van der Waals surface area (Å²) in [5.74, 6) is 0.285. The van der Waals surface area contributed by atoms with Crippen molar-refractivity contribution in [3.8, 4) is 11.5 Å². The van der Waals surface area contributed by atoms with Crippen LogP contribution in [0.3, 0.4) is 0 Å². The molecule has 32 heavy (non-hydrogen) atoms. The number of Topliss-reactive ketones (excluding diaryl/α,β-unsaturated/α-hetero) is 1. The fourth-order valence-corrected chi connectivity index (χ4v) is 4.39. The van der Waals surface area contributed by atoms with Crippen LogP contribution in [0.4, 0.5) is 5.69 Å². The second kappa shape index (κ2) is 8.76. The lowest BCUT2D eigenvalue weighted by Crippen LogP contribution is -2.41. The van der Waals surface area contributed by atoms with E-state index in [1.54, 1.807) is 68.8 Å². The van der Waals surface area contributed by atoms with Gasteiger partial charge in [0.25, 0.3) is 5.91 Å². The second-order valence-electron chi connectivity index (χ2n) is 7.57. The summed E-state index contributed by atoms with van der Waals surface area (Å²) in [7, 11) is 3.10. The summed E-state index contributed by atoms with van der Waals surface area (Å²) in [5, 5.41) is 11.5. The number of rotatable bonds is 7. The van der Waals surface area contributed by atoms with Crippen LogP contribution in [0.5, 0.6) is 11.5 Å². The third-order valence-corrected chi connectivity index (χ3v) is 6.08. The maximum atomic E-state index is 13.5. The van der Waals surface area contributed by atoms with Gasteiger partial charge in [0, 0.05) is 15.6 Å². The minimum atomic E-state index is -1.94. The number of benzene rings is 3. The Labute approximate surface area is 194 Å². The van der Waals surface area contributed by atoms with E-state index in [9.17, 15) is 14.7 Å². The molecule has 0 fully saturated rings. The van der Waals surface area contributed by atoms with Crippen LogP contribution in [0.1, 0.15) is 27.9 Å². The molecule has 1 unspecified atom stereocenters. The Morgan fingerprint density at radius 1 is 1.00 bits per heavy atom. The van der Waals surface area contributed by atoms with Crippen molar-refractivity contribution in [2.45, 2.75) is 18.6 Å². The molecule has 0 saturated heterocycles. The molecule has 4 rings (SSSR count). The molecule has 6 nitrogen and oxygen atoms in total. The first-order valence-electron chi connectivity index (χ1n) is 10.0. The highest BCUT2D eigenvalue weighted by Crippen LogP contribution is 2.44. The van der Waals surface area contributed by atoms with Crippen molar-refractivity contribution in [3.63, 3.8) is 0 Å². The Hall–Kier alpha value is -3.16. The van der Waals surface area contributed by atoms with Gasteiger partial charge >= 0.3 is 0 Å². The summed E-state index contributed by atoms with van der Waals surface area (Å²) < 4.78 is 11.4. The van der Waals surface area contributed by atoms with Gasteiger partial charge in [0.1, 0.15) is 0 Å². The van der Waals surface area contributed by atoms with E-state index in [0.717, 1.165) is 10.0 Å². The van der Waals surface area contributed by atoms with Gasteiger partial charge < -0.3 is 19.5 Å². The van der Waals surface area contributed by atoms with E-state index in [2.05, 4.69) is 15.9 Å². The molecule has 0 saturated carbocycles. The van der Waals surface area contributed by atoms with Gasteiger partial charge in [-0.25, -0.2) is 0 Å². The largest absolute Gasteiger partial charge is 0.493 e. The van der Waals surface area contributed by atoms with Gasteiger partial charge in [0.05, 0.1) is 32.9 Å². The molecule has 164 valence electrons. The number of ether oxygens (including phenoxy) is 2. The number of fused-ring (bicyclic) bond motifs is 1. The second-order valence-corrected chi connectivity index (χ2v) is 8.48. The first kappa shape index (κ1) is 22.0. The van der Waals surface area contributed by atoms with Crippen LogP contribution in [-0.4, -0.2) is 31.0 Å². The van der Waals surface area contributed by atoms with E-state index in [-0.39, 0.29) is 18.7 Å². The molecule has 1 N–H and O–H groups in total. The fraction of sp³-hybridized carbons (Fsp3) is 0.200. The summed E-state index contributed by atoms with van der Waals surface area (Å²) in [6.07, 6.45) is -0.346. The number of nitrogens with zero attached hydrogens (tertiary/aromatic N) is 1. The van der Waals surface area contributed by atoms with Crippen molar-refractivity contribution in [2.24, 2.45) is 0 Å². The van der Waals surface area contributed by atoms with E-state index in [1.165, 1.54) is 4.90 Å². The van der Waals surface area contributed by atoms with E-state index in [0.29, 0.717) is 28.3 Å². The molecule has 0 spiro atoms. The minimum Gasteiger partial charge on any atom is -0.493 e. The Kier molecular flexibility index (Phi) is 6.04. The Balaban J connectivity index is 1.67. The first-order valence-corrected chi connectivity index (χ1v) is 10.8. The molecule has 1 aliphatic rings. The Bertz CT molecular complexity index is 1190. The molecule has 7 heteroatoms. The highest BCUT2D eigenvalue weighted by molar-refractivity contribution is 9.10. The molecule has 1 amide bonds. The highest BCUT2D eigenvalue weighted by Gasteiger charge is 2.50. The summed E-state index contributed by atoms with van der Waals surface area (Å²) in [4.78, 5) is 27.9. The lowest BCUT2D eigenvalue weighted by molar-refractivity contribution is -0.136. The van der Waals surface area contributed by atoms with E-state index >= 15 is 0 Å². The number of anilines is 1. The number of aliphatic hydroxyl groups is 1. The van der Waals surface area contributed by atoms with Crippen molar-refractivity contribution in [1.82, 2.24) is 0 Å². The quantitative estimate of drug-likeness (QED) is 0.489. The van der Waals surface area contributed by atoms with Gasteiger partial charge in [-0.1, -0.05) is 52.3 Å². The van der Waals surface area contributed by atoms with Crippen LogP contribution in [0, 0.1) is 0 Å². The predicted molar refractivity (Wildman–Crippen MR) is 124 cm³/mol. The zero-order valence-electron chi connectivity index (χ0n) is 17.7. The molecular weight excluding hydrogens is 474 g/mol. The summed E-state index contributed by atoms with van der Waals surface area (Å²) in [6.45, 7) is 0.212. The van der Waals surface area contributed by atoms with Crippen LogP contribution in [0.25, 0.3) is 0 Å². The lowest BCUT2D eigenvalue weighted by Gasteiger charge is -2.23. The van der Waals surface area contributed by atoms with Gasteiger partial charge in [-0.15, -0.1) is 0 Å². The monoisotopic (exact) mass is 495 g/mol. The van der Waals surface area contributed by atoms with Crippen LogP contribution in [0.15, 0.2) is 71.2 Å². The smallest absolute Gasteiger partial charge is 0.264 e. The van der Waals surface area contributed by atoms with Gasteiger partial charge in [-0.3, -0.25) is 9.59 Å². The molecule has 3 aromatic carbocycles. The number of carbonyl (C=O) groups excluding carboxylic acids is 2. The maximum absolute atomic E-state index is 13.5. The van der Waals surface area contributed by atoms with Gasteiger partial charge in [-0.2, -0.15) is 0 Å². The third-order valence-electron chi connectivity index (χ3n) is 5.59. The molecule has 0 aliphatic carbocycles. The van der Waals surface area contributed by atoms with Gasteiger partial charge in [0.2, 0.25) is 0 Å². The predicted octanol–water partition coefficient (Wildman–Crippen LogP) is 4.47. The topological polar surface area (TPSA) is 76.1 Å². The van der Waals surface area contributed by atoms with Gasteiger partial charge in [-0.05, 0) is 35.9 Å². The molecule has 3 aromatic rings. The number of ketones is 1. The maximum Gasteiger partial charge on any atom is 0.264 e. The molecule has 0 aromatic heterocycles. The van der Waals surface area contributed by atoms with Crippen molar-refractivity contribution in [2.75, 3.05) is 19.1 Å². The van der Waals surface area contributed by atoms with Crippen LogP contribution in [-0.2, 0) is 16.9 Å². The minimum absolute atomic E-state index is 0.212. The van der Waals surface area contributed by atoms with Crippen molar-refractivity contribution in [3.05, 3.63) is 87.9 Å². The van der Waals surface area contributed by atoms with Crippen LogP contribution < -0.4 is 14.4 Å². The summed E-state index contributed by atoms with van der Waals surface area (Å²) >= 11 is 3.35. The average molecular weight is 496 g/mol. The SMILES string of the molecule is COc1ccc(CN2C(=O)C(O)(CC(=O)c3cccc(Br)c3)c3ccccc32)cc1OC. The summed E-state index contributed by atoms with van der Waals surface area (Å²) in [6, 6.07) is 19.3.